The number of fused-ring (bicyclic) bond motifs is 3. The molecular weight excluding hydrogens is 230 g/mol. The second-order valence-electron chi connectivity index (χ2n) is 5.14. The van der Waals surface area contributed by atoms with E-state index in [-0.39, 0.29) is 0 Å². The largest absolute Gasteiger partial charge is 0.264 e. The van der Waals surface area contributed by atoms with Gasteiger partial charge >= 0.3 is 0 Å². The monoisotopic (exact) mass is 249 g/mol. The topological polar surface area (TPSA) is 12.9 Å². The molecule has 1 aromatic heterocycles. The molecule has 0 spiro atoms. The lowest BCUT2D eigenvalue weighted by atomic mass is 9.97. The van der Waals surface area contributed by atoms with Gasteiger partial charge in [-0.3, -0.25) is 4.98 Å². The van der Waals surface area contributed by atoms with Crippen molar-refractivity contribution in [3.63, 3.8) is 0 Å². The highest BCUT2D eigenvalue weighted by Crippen LogP contribution is 2.28. The Balaban J connectivity index is 2.18. The molecule has 0 fully saturated rings. The molecule has 1 nitrogen and oxygen atoms in total. The standard InChI is InChI=1S/C18H19N/c1-2-3-4-8-15-12-19-13-16-11-10-14-7-5-6-9-17(14)18(15)16/h5-7,9-13H,2-4,8H2,1H3. The number of hydrogen-bond acceptors (Lipinski definition) is 1. The van der Waals surface area contributed by atoms with Crippen LogP contribution in [-0.2, 0) is 6.42 Å². The summed E-state index contributed by atoms with van der Waals surface area (Å²) < 4.78 is 0. The first-order valence-electron chi connectivity index (χ1n) is 7.14. The first-order valence-corrected chi connectivity index (χ1v) is 7.14. The number of nitrogens with zero attached hydrogens (tertiary/aromatic N) is 1. The van der Waals surface area contributed by atoms with Crippen LogP contribution in [0.3, 0.4) is 0 Å². The fourth-order valence-corrected chi connectivity index (χ4v) is 2.78. The summed E-state index contributed by atoms with van der Waals surface area (Å²) in [5.74, 6) is 0. The minimum atomic E-state index is 1.13. The highest BCUT2D eigenvalue weighted by Gasteiger charge is 2.05. The van der Waals surface area contributed by atoms with Crippen LogP contribution in [0, 0.1) is 0 Å². The van der Waals surface area contributed by atoms with Crippen molar-refractivity contribution in [1.29, 1.82) is 0 Å². The zero-order valence-corrected chi connectivity index (χ0v) is 11.4. The normalized spacial score (nSPS) is 11.2. The van der Waals surface area contributed by atoms with Crippen molar-refractivity contribution in [2.24, 2.45) is 0 Å². The van der Waals surface area contributed by atoms with E-state index in [1.807, 2.05) is 12.4 Å². The van der Waals surface area contributed by atoms with Crippen molar-refractivity contribution in [1.82, 2.24) is 4.98 Å². The van der Waals surface area contributed by atoms with Crippen LogP contribution in [-0.4, -0.2) is 4.98 Å². The summed E-state index contributed by atoms with van der Waals surface area (Å²) in [7, 11) is 0. The van der Waals surface area contributed by atoms with E-state index in [0.717, 1.165) is 6.42 Å². The van der Waals surface area contributed by atoms with Gasteiger partial charge in [-0.05, 0) is 34.6 Å². The van der Waals surface area contributed by atoms with Crippen molar-refractivity contribution < 1.29 is 0 Å². The van der Waals surface area contributed by atoms with Crippen LogP contribution < -0.4 is 0 Å². The minimum absolute atomic E-state index is 1.13. The lowest BCUT2D eigenvalue weighted by Crippen LogP contribution is -1.91. The molecule has 0 unspecified atom stereocenters. The fraction of sp³-hybridized carbons (Fsp3) is 0.278. The maximum Gasteiger partial charge on any atom is 0.0346 e. The first-order chi connectivity index (χ1) is 9.40. The first kappa shape index (κ1) is 12.2. The van der Waals surface area contributed by atoms with Crippen LogP contribution in [0.25, 0.3) is 21.5 Å². The van der Waals surface area contributed by atoms with Gasteiger partial charge in [0.05, 0.1) is 0 Å². The quantitative estimate of drug-likeness (QED) is 0.462. The average molecular weight is 249 g/mol. The third kappa shape index (κ3) is 2.33. The maximum absolute atomic E-state index is 4.40. The summed E-state index contributed by atoms with van der Waals surface area (Å²) in [6.07, 6.45) is 8.96. The number of benzene rings is 2. The van der Waals surface area contributed by atoms with Crippen molar-refractivity contribution in [2.45, 2.75) is 32.6 Å². The Morgan fingerprint density at radius 1 is 0.895 bits per heavy atom. The SMILES string of the molecule is CCCCCc1cncc2ccc3ccccc3c12. The average Bonchev–Trinajstić information content (AvgIpc) is 2.47. The molecule has 3 aromatic rings. The highest BCUT2D eigenvalue weighted by molar-refractivity contribution is 6.08. The lowest BCUT2D eigenvalue weighted by molar-refractivity contribution is 0.718. The highest BCUT2D eigenvalue weighted by atomic mass is 14.6. The number of unbranched alkanes of at least 4 members (excludes halogenated alkanes) is 2. The van der Waals surface area contributed by atoms with Gasteiger partial charge in [0.15, 0.2) is 0 Å². The fourth-order valence-electron chi connectivity index (χ4n) is 2.78. The van der Waals surface area contributed by atoms with E-state index in [1.165, 1.54) is 46.4 Å². The maximum atomic E-state index is 4.40. The second kappa shape index (κ2) is 5.40. The van der Waals surface area contributed by atoms with Gasteiger partial charge in [-0.15, -0.1) is 0 Å². The van der Waals surface area contributed by atoms with Crippen molar-refractivity contribution in [2.75, 3.05) is 0 Å². The summed E-state index contributed by atoms with van der Waals surface area (Å²) in [5.41, 5.74) is 1.39. The third-order valence-corrected chi connectivity index (χ3v) is 3.78. The number of aryl methyl sites for hydroxylation is 1. The molecule has 0 aliphatic carbocycles. The minimum Gasteiger partial charge on any atom is -0.264 e. The van der Waals surface area contributed by atoms with Gasteiger partial charge in [-0.25, -0.2) is 0 Å². The molecule has 96 valence electrons. The molecule has 2 aromatic carbocycles. The molecule has 19 heavy (non-hydrogen) atoms. The Bertz CT molecular complexity index is 700. The van der Waals surface area contributed by atoms with Crippen LogP contribution in [0.1, 0.15) is 31.7 Å². The second-order valence-corrected chi connectivity index (χ2v) is 5.14. The molecule has 0 atom stereocenters. The summed E-state index contributed by atoms with van der Waals surface area (Å²) >= 11 is 0. The van der Waals surface area contributed by atoms with Crippen LogP contribution >= 0.6 is 0 Å². The molecule has 3 rings (SSSR count). The van der Waals surface area contributed by atoms with Crippen LogP contribution in [0.15, 0.2) is 48.8 Å². The van der Waals surface area contributed by atoms with E-state index in [4.69, 9.17) is 0 Å². The van der Waals surface area contributed by atoms with Gasteiger partial charge in [0.1, 0.15) is 0 Å². The lowest BCUT2D eigenvalue weighted by Gasteiger charge is -2.09. The Morgan fingerprint density at radius 2 is 1.74 bits per heavy atom. The van der Waals surface area contributed by atoms with Crippen LogP contribution in [0.5, 0.6) is 0 Å². The molecule has 1 heteroatoms. The molecule has 0 aliphatic rings. The summed E-state index contributed by atoms with van der Waals surface area (Å²) in [4.78, 5) is 4.40. The van der Waals surface area contributed by atoms with E-state index < -0.39 is 0 Å². The molecule has 0 N–H and O–H groups in total. The number of rotatable bonds is 4. The zero-order valence-electron chi connectivity index (χ0n) is 11.4. The van der Waals surface area contributed by atoms with Gasteiger partial charge in [0.2, 0.25) is 0 Å². The van der Waals surface area contributed by atoms with Crippen LogP contribution in [0.2, 0.25) is 0 Å². The van der Waals surface area contributed by atoms with E-state index in [1.54, 1.807) is 0 Å². The predicted molar refractivity (Wildman–Crippen MR) is 82.5 cm³/mol. The molecule has 0 bridgehead atoms. The number of aromatic nitrogens is 1. The van der Waals surface area contributed by atoms with Crippen molar-refractivity contribution in [3.8, 4) is 0 Å². The van der Waals surface area contributed by atoms with Crippen molar-refractivity contribution >= 4 is 21.5 Å². The molecule has 0 saturated carbocycles. The smallest absolute Gasteiger partial charge is 0.0346 e. The molecule has 1 heterocycles. The van der Waals surface area contributed by atoms with Gasteiger partial charge in [-0.2, -0.15) is 0 Å². The Morgan fingerprint density at radius 3 is 2.63 bits per heavy atom. The predicted octanol–water partition coefficient (Wildman–Crippen LogP) is 5.12. The van der Waals surface area contributed by atoms with Gasteiger partial charge in [0, 0.05) is 17.8 Å². The van der Waals surface area contributed by atoms with Crippen molar-refractivity contribution in [3.05, 3.63) is 54.4 Å². The van der Waals surface area contributed by atoms with E-state index in [2.05, 4.69) is 48.3 Å². The van der Waals surface area contributed by atoms with E-state index >= 15 is 0 Å². The third-order valence-electron chi connectivity index (χ3n) is 3.78. The molecule has 0 amide bonds. The summed E-state index contributed by atoms with van der Waals surface area (Å²) in [6, 6.07) is 13.0. The Hall–Kier alpha value is -1.89. The number of hydrogen-bond donors (Lipinski definition) is 0. The zero-order chi connectivity index (χ0) is 13.1. The van der Waals surface area contributed by atoms with Gasteiger partial charge in [-0.1, -0.05) is 56.2 Å². The molecule has 0 saturated heterocycles. The summed E-state index contributed by atoms with van der Waals surface area (Å²) in [5, 5.41) is 5.32. The molecule has 0 aliphatic heterocycles. The Labute approximate surface area is 114 Å². The molecular formula is C18H19N. The molecule has 0 radical (unpaired) electrons. The van der Waals surface area contributed by atoms with E-state index in [0.29, 0.717) is 0 Å². The van der Waals surface area contributed by atoms with Gasteiger partial charge in [0.25, 0.3) is 0 Å². The number of pyridine rings is 1. The van der Waals surface area contributed by atoms with Gasteiger partial charge < -0.3 is 0 Å². The van der Waals surface area contributed by atoms with E-state index in [9.17, 15) is 0 Å². The Kier molecular flexibility index (Phi) is 3.45. The summed E-state index contributed by atoms with van der Waals surface area (Å²) in [6.45, 7) is 2.25. The van der Waals surface area contributed by atoms with Crippen LogP contribution in [0.4, 0.5) is 0 Å².